The van der Waals surface area contributed by atoms with Gasteiger partial charge in [-0.25, -0.2) is 0 Å². The number of ether oxygens (including phenoxy) is 3. The van der Waals surface area contributed by atoms with Crippen LogP contribution in [0.5, 0.6) is 17.2 Å². The van der Waals surface area contributed by atoms with E-state index in [0.717, 1.165) is 12.0 Å². The minimum Gasteiger partial charge on any atom is -0.493 e. The van der Waals surface area contributed by atoms with Crippen LogP contribution in [0.4, 0.5) is 0 Å². The molecule has 1 N–H and O–H groups in total. The zero-order valence-corrected chi connectivity index (χ0v) is 15.0. The molecule has 0 spiro atoms. The van der Waals surface area contributed by atoms with Crippen LogP contribution in [0, 0.1) is 0 Å². The van der Waals surface area contributed by atoms with E-state index in [1.165, 1.54) is 5.56 Å². The summed E-state index contributed by atoms with van der Waals surface area (Å²) >= 11 is 0. The van der Waals surface area contributed by atoms with Gasteiger partial charge in [0.1, 0.15) is 0 Å². The fourth-order valence-corrected chi connectivity index (χ4v) is 2.62. The number of benzene rings is 2. The molecule has 0 aromatic heterocycles. The average molecular weight is 343 g/mol. The first-order valence-corrected chi connectivity index (χ1v) is 8.27. The highest BCUT2D eigenvalue weighted by Crippen LogP contribution is 2.38. The maximum Gasteiger partial charge on any atom is 0.220 e. The van der Waals surface area contributed by atoms with Gasteiger partial charge in [0.2, 0.25) is 11.7 Å². The lowest BCUT2D eigenvalue weighted by Gasteiger charge is -2.14. The van der Waals surface area contributed by atoms with Gasteiger partial charge in [-0.15, -0.1) is 0 Å². The molecule has 25 heavy (non-hydrogen) atoms. The lowest BCUT2D eigenvalue weighted by Crippen LogP contribution is -2.25. The molecule has 2 rings (SSSR count). The molecule has 0 unspecified atom stereocenters. The van der Waals surface area contributed by atoms with Gasteiger partial charge in [0.15, 0.2) is 11.5 Å². The van der Waals surface area contributed by atoms with Crippen molar-refractivity contribution in [2.75, 3.05) is 27.9 Å². The van der Waals surface area contributed by atoms with E-state index in [4.69, 9.17) is 14.2 Å². The monoisotopic (exact) mass is 343 g/mol. The molecule has 5 nitrogen and oxygen atoms in total. The Balaban J connectivity index is 1.86. The number of methoxy groups -OCH3 is 3. The van der Waals surface area contributed by atoms with Crippen molar-refractivity contribution in [1.29, 1.82) is 0 Å². The van der Waals surface area contributed by atoms with Gasteiger partial charge in [0.05, 0.1) is 21.3 Å². The van der Waals surface area contributed by atoms with Crippen molar-refractivity contribution in [1.82, 2.24) is 5.32 Å². The van der Waals surface area contributed by atoms with Crippen molar-refractivity contribution >= 4 is 5.91 Å². The number of hydrogen-bond acceptors (Lipinski definition) is 4. The Morgan fingerprint density at radius 3 is 2.08 bits per heavy atom. The van der Waals surface area contributed by atoms with Gasteiger partial charge in [0.25, 0.3) is 0 Å². The molecule has 0 aliphatic heterocycles. The molecular formula is C20H25NO4. The van der Waals surface area contributed by atoms with Gasteiger partial charge < -0.3 is 19.5 Å². The Labute approximate surface area is 148 Å². The molecule has 0 atom stereocenters. The Morgan fingerprint density at radius 1 is 0.880 bits per heavy atom. The third kappa shape index (κ3) is 5.41. The summed E-state index contributed by atoms with van der Waals surface area (Å²) in [5.74, 6) is 1.79. The van der Waals surface area contributed by atoms with Crippen LogP contribution in [0.15, 0.2) is 42.5 Å². The highest BCUT2D eigenvalue weighted by Gasteiger charge is 2.13. The van der Waals surface area contributed by atoms with Crippen molar-refractivity contribution in [3.05, 3.63) is 53.6 Å². The molecule has 0 aliphatic rings. The van der Waals surface area contributed by atoms with Crippen LogP contribution in [0.25, 0.3) is 0 Å². The molecule has 134 valence electrons. The SMILES string of the molecule is COc1cc(CCC(=O)NCCc2ccccc2)cc(OC)c1OC. The standard InChI is InChI=1S/C20H25NO4/c1-23-17-13-16(14-18(24-2)20(17)25-3)9-10-19(22)21-12-11-15-7-5-4-6-8-15/h4-8,13-14H,9-12H2,1-3H3,(H,21,22). The van der Waals surface area contributed by atoms with Crippen LogP contribution in [-0.4, -0.2) is 33.8 Å². The van der Waals surface area contributed by atoms with Crippen molar-refractivity contribution in [2.45, 2.75) is 19.3 Å². The first-order chi connectivity index (χ1) is 12.2. The summed E-state index contributed by atoms with van der Waals surface area (Å²) in [5.41, 5.74) is 2.18. The fraction of sp³-hybridized carbons (Fsp3) is 0.350. The van der Waals surface area contributed by atoms with Gasteiger partial charge >= 0.3 is 0 Å². The Kier molecular flexibility index (Phi) is 7.14. The Morgan fingerprint density at radius 2 is 1.52 bits per heavy atom. The lowest BCUT2D eigenvalue weighted by atomic mass is 10.1. The molecule has 1 amide bonds. The molecule has 0 saturated heterocycles. The third-order valence-corrected chi connectivity index (χ3v) is 3.94. The molecule has 0 heterocycles. The number of amides is 1. The van der Waals surface area contributed by atoms with Crippen molar-refractivity contribution in [3.63, 3.8) is 0 Å². The summed E-state index contributed by atoms with van der Waals surface area (Å²) in [7, 11) is 4.73. The summed E-state index contributed by atoms with van der Waals surface area (Å²) in [4.78, 5) is 12.0. The van der Waals surface area contributed by atoms with Crippen molar-refractivity contribution < 1.29 is 19.0 Å². The van der Waals surface area contributed by atoms with Crippen molar-refractivity contribution in [3.8, 4) is 17.2 Å². The number of carbonyl (C=O) groups is 1. The van der Waals surface area contributed by atoms with E-state index in [2.05, 4.69) is 17.4 Å². The Bertz CT molecular complexity index is 660. The third-order valence-electron chi connectivity index (χ3n) is 3.94. The minimum atomic E-state index is 0.0321. The predicted molar refractivity (Wildman–Crippen MR) is 97.6 cm³/mol. The van der Waals surface area contributed by atoms with Crippen LogP contribution in [0.1, 0.15) is 17.5 Å². The summed E-state index contributed by atoms with van der Waals surface area (Å²) in [6, 6.07) is 13.9. The van der Waals surface area contributed by atoms with Gasteiger partial charge in [0, 0.05) is 13.0 Å². The first-order valence-electron chi connectivity index (χ1n) is 8.27. The molecule has 0 fully saturated rings. The largest absolute Gasteiger partial charge is 0.493 e. The zero-order chi connectivity index (χ0) is 18.1. The normalized spacial score (nSPS) is 10.2. The van der Waals surface area contributed by atoms with Crippen LogP contribution in [0.2, 0.25) is 0 Å². The van der Waals surface area contributed by atoms with E-state index in [0.29, 0.717) is 36.6 Å². The molecule has 5 heteroatoms. The molecule has 0 bridgehead atoms. The first kappa shape index (κ1) is 18.6. The summed E-state index contributed by atoms with van der Waals surface area (Å²) in [6.07, 6.45) is 1.85. The van der Waals surface area contributed by atoms with Crippen molar-refractivity contribution in [2.24, 2.45) is 0 Å². The van der Waals surface area contributed by atoms with E-state index >= 15 is 0 Å². The number of hydrogen-bond donors (Lipinski definition) is 1. The molecule has 0 saturated carbocycles. The lowest BCUT2D eigenvalue weighted by molar-refractivity contribution is -0.121. The van der Waals surface area contributed by atoms with E-state index < -0.39 is 0 Å². The maximum absolute atomic E-state index is 12.0. The summed E-state index contributed by atoms with van der Waals surface area (Å²) in [6.45, 7) is 0.637. The van der Waals surface area contributed by atoms with E-state index in [9.17, 15) is 4.79 Å². The highest BCUT2D eigenvalue weighted by atomic mass is 16.5. The van der Waals surface area contributed by atoms with Crippen LogP contribution in [0.3, 0.4) is 0 Å². The van der Waals surface area contributed by atoms with Crippen LogP contribution >= 0.6 is 0 Å². The van der Waals surface area contributed by atoms with Crippen LogP contribution < -0.4 is 19.5 Å². The molecule has 2 aromatic rings. The Hall–Kier alpha value is -2.69. The highest BCUT2D eigenvalue weighted by molar-refractivity contribution is 5.76. The van der Waals surface area contributed by atoms with Gasteiger partial charge in [-0.05, 0) is 36.1 Å². The number of rotatable bonds is 9. The van der Waals surface area contributed by atoms with E-state index in [1.807, 2.05) is 30.3 Å². The van der Waals surface area contributed by atoms with Gasteiger partial charge in [-0.3, -0.25) is 4.79 Å². The van der Waals surface area contributed by atoms with Gasteiger partial charge in [-0.1, -0.05) is 30.3 Å². The smallest absolute Gasteiger partial charge is 0.220 e. The molecule has 0 radical (unpaired) electrons. The topological polar surface area (TPSA) is 56.8 Å². The van der Waals surface area contributed by atoms with Crippen LogP contribution in [-0.2, 0) is 17.6 Å². The second kappa shape index (κ2) is 9.57. The molecular weight excluding hydrogens is 318 g/mol. The van der Waals surface area contributed by atoms with E-state index in [-0.39, 0.29) is 5.91 Å². The number of nitrogens with one attached hydrogen (secondary N) is 1. The minimum absolute atomic E-state index is 0.0321. The zero-order valence-electron chi connectivity index (χ0n) is 15.0. The predicted octanol–water partition coefficient (Wildman–Crippen LogP) is 3.00. The number of aryl methyl sites for hydroxylation is 1. The van der Waals surface area contributed by atoms with Gasteiger partial charge in [-0.2, -0.15) is 0 Å². The fourth-order valence-electron chi connectivity index (χ4n) is 2.62. The summed E-state index contributed by atoms with van der Waals surface area (Å²) < 4.78 is 16.0. The average Bonchev–Trinajstić information content (AvgIpc) is 2.66. The quantitative estimate of drug-likeness (QED) is 0.760. The molecule has 0 aliphatic carbocycles. The summed E-state index contributed by atoms with van der Waals surface area (Å²) in [5, 5.41) is 2.96. The second-order valence-electron chi connectivity index (χ2n) is 5.62. The van der Waals surface area contributed by atoms with E-state index in [1.54, 1.807) is 21.3 Å². The number of carbonyl (C=O) groups excluding carboxylic acids is 1. The molecule has 2 aromatic carbocycles. The second-order valence-corrected chi connectivity index (χ2v) is 5.62. The maximum atomic E-state index is 12.0.